The largest absolute Gasteiger partial charge is 0.495 e. The molecule has 0 bridgehead atoms. The van der Waals surface area contributed by atoms with Crippen LogP contribution in [0, 0.1) is 6.92 Å². The first kappa shape index (κ1) is 22.0. The molecule has 0 fully saturated rings. The van der Waals surface area contributed by atoms with E-state index in [-0.39, 0.29) is 11.0 Å². The summed E-state index contributed by atoms with van der Waals surface area (Å²) in [6.07, 6.45) is 0. The van der Waals surface area contributed by atoms with E-state index in [0.29, 0.717) is 43.8 Å². The molecule has 1 heterocycles. The lowest BCUT2D eigenvalue weighted by molar-refractivity contribution is 0.0977. The lowest BCUT2D eigenvalue weighted by Crippen LogP contribution is -2.34. The molecule has 1 amide bonds. The molecule has 4 rings (SSSR count). The van der Waals surface area contributed by atoms with E-state index in [2.05, 4.69) is 20.8 Å². The molecule has 0 saturated carbocycles. The van der Waals surface area contributed by atoms with Crippen LogP contribution < -0.4 is 15.4 Å². The van der Waals surface area contributed by atoms with Crippen LogP contribution in [0.4, 0.5) is 5.69 Å². The predicted molar refractivity (Wildman–Crippen MR) is 130 cm³/mol. The first-order valence-corrected chi connectivity index (χ1v) is 10.6. The van der Waals surface area contributed by atoms with Crippen molar-refractivity contribution in [2.24, 2.45) is 0 Å². The Balaban J connectivity index is 1.54. The SMILES string of the molecule is COc1ccc(-n2nc3cc(C)c(NC(=S)NC(=O)c4cccc(Cl)c4)cc3n2)cc1Cl. The Labute approximate surface area is 199 Å². The highest BCUT2D eigenvalue weighted by molar-refractivity contribution is 7.80. The number of hydrogen-bond acceptors (Lipinski definition) is 5. The number of methoxy groups -OCH3 is 1. The average molecular weight is 486 g/mol. The van der Waals surface area contributed by atoms with Crippen LogP contribution in [0.15, 0.2) is 54.6 Å². The molecular weight excluding hydrogens is 469 g/mol. The van der Waals surface area contributed by atoms with Gasteiger partial charge in [-0.2, -0.15) is 4.80 Å². The number of carbonyl (C=O) groups excluding carboxylic acids is 1. The summed E-state index contributed by atoms with van der Waals surface area (Å²) < 4.78 is 5.19. The number of nitrogens with zero attached hydrogens (tertiary/aromatic N) is 3. The Kier molecular flexibility index (Phi) is 6.27. The molecule has 7 nitrogen and oxygen atoms in total. The number of halogens is 2. The molecule has 4 aromatic rings. The Morgan fingerprint density at radius 1 is 1.06 bits per heavy atom. The van der Waals surface area contributed by atoms with Crippen molar-refractivity contribution < 1.29 is 9.53 Å². The van der Waals surface area contributed by atoms with E-state index >= 15 is 0 Å². The summed E-state index contributed by atoms with van der Waals surface area (Å²) in [5.41, 5.74) is 4.05. The van der Waals surface area contributed by atoms with Gasteiger partial charge in [0.2, 0.25) is 0 Å². The Bertz CT molecular complexity index is 1360. The quantitative estimate of drug-likeness (QED) is 0.388. The minimum atomic E-state index is -0.355. The van der Waals surface area contributed by atoms with Crippen molar-refractivity contribution in [2.45, 2.75) is 6.92 Å². The molecule has 0 aliphatic rings. The molecule has 2 N–H and O–H groups in total. The molecule has 0 atom stereocenters. The highest BCUT2D eigenvalue weighted by Gasteiger charge is 2.13. The minimum Gasteiger partial charge on any atom is -0.495 e. The lowest BCUT2D eigenvalue weighted by atomic mass is 10.2. The van der Waals surface area contributed by atoms with Crippen LogP contribution in [0.5, 0.6) is 5.75 Å². The molecular formula is C22H17Cl2N5O2S. The highest BCUT2D eigenvalue weighted by Crippen LogP contribution is 2.27. The minimum absolute atomic E-state index is 0.159. The molecule has 0 aliphatic heterocycles. The van der Waals surface area contributed by atoms with Gasteiger partial charge in [-0.25, -0.2) is 0 Å². The van der Waals surface area contributed by atoms with Gasteiger partial charge >= 0.3 is 0 Å². The van der Waals surface area contributed by atoms with Crippen LogP contribution in [0.3, 0.4) is 0 Å². The van der Waals surface area contributed by atoms with Gasteiger partial charge in [0.15, 0.2) is 5.11 Å². The second-order valence-corrected chi connectivity index (χ2v) is 8.13. The monoisotopic (exact) mass is 485 g/mol. The van der Waals surface area contributed by atoms with Gasteiger partial charge in [-0.3, -0.25) is 10.1 Å². The van der Waals surface area contributed by atoms with Crippen molar-refractivity contribution >= 4 is 63.2 Å². The van der Waals surface area contributed by atoms with E-state index in [1.165, 1.54) is 4.80 Å². The van der Waals surface area contributed by atoms with Crippen molar-refractivity contribution in [3.05, 3.63) is 75.8 Å². The summed E-state index contributed by atoms with van der Waals surface area (Å²) in [5, 5.41) is 15.8. The number of amides is 1. The molecule has 0 aliphatic carbocycles. The number of rotatable bonds is 4. The Morgan fingerprint density at radius 2 is 1.81 bits per heavy atom. The van der Waals surface area contributed by atoms with Crippen LogP contribution in [0.1, 0.15) is 15.9 Å². The van der Waals surface area contributed by atoms with Gasteiger partial charge < -0.3 is 10.1 Å². The number of fused-ring (bicyclic) bond motifs is 1. The summed E-state index contributed by atoms with van der Waals surface area (Å²) in [6, 6.07) is 15.6. The number of thiocarbonyl (C=S) groups is 1. The number of aryl methyl sites for hydroxylation is 1. The summed E-state index contributed by atoms with van der Waals surface area (Å²) in [4.78, 5) is 13.9. The number of anilines is 1. The van der Waals surface area contributed by atoms with Gasteiger partial charge in [-0.05, 0) is 73.2 Å². The van der Waals surface area contributed by atoms with Crippen LogP contribution >= 0.6 is 35.4 Å². The van der Waals surface area contributed by atoms with Crippen molar-refractivity contribution in [3.63, 3.8) is 0 Å². The van der Waals surface area contributed by atoms with E-state index in [4.69, 9.17) is 40.2 Å². The fraction of sp³-hybridized carbons (Fsp3) is 0.0909. The molecule has 0 saturated heterocycles. The topological polar surface area (TPSA) is 81.1 Å². The third-order valence-corrected chi connectivity index (χ3v) is 5.39. The number of hydrogen-bond donors (Lipinski definition) is 2. The second kappa shape index (κ2) is 9.12. The van der Waals surface area contributed by atoms with E-state index in [9.17, 15) is 4.79 Å². The smallest absolute Gasteiger partial charge is 0.257 e. The lowest BCUT2D eigenvalue weighted by Gasteiger charge is -2.11. The van der Waals surface area contributed by atoms with Gasteiger partial charge in [-0.15, -0.1) is 10.2 Å². The van der Waals surface area contributed by atoms with Crippen molar-refractivity contribution in [1.29, 1.82) is 0 Å². The highest BCUT2D eigenvalue weighted by atomic mass is 35.5. The number of aromatic nitrogens is 3. The maximum atomic E-state index is 12.4. The third-order valence-electron chi connectivity index (χ3n) is 4.65. The fourth-order valence-electron chi connectivity index (χ4n) is 3.06. The summed E-state index contributed by atoms with van der Waals surface area (Å²) in [7, 11) is 1.56. The zero-order valence-corrected chi connectivity index (χ0v) is 19.3. The van der Waals surface area contributed by atoms with Crippen molar-refractivity contribution in [2.75, 3.05) is 12.4 Å². The molecule has 0 unspecified atom stereocenters. The zero-order chi connectivity index (χ0) is 22.8. The van der Waals surface area contributed by atoms with E-state index in [1.54, 1.807) is 43.5 Å². The normalized spacial score (nSPS) is 10.8. The van der Waals surface area contributed by atoms with E-state index in [1.807, 2.05) is 25.1 Å². The third kappa shape index (κ3) is 4.67. The molecule has 162 valence electrons. The van der Waals surface area contributed by atoms with Crippen LogP contribution in [0.2, 0.25) is 10.0 Å². The predicted octanol–water partition coefficient (Wildman–Crippen LogP) is 5.17. The van der Waals surface area contributed by atoms with Gasteiger partial charge in [0, 0.05) is 16.3 Å². The average Bonchev–Trinajstić information content (AvgIpc) is 3.16. The Hall–Kier alpha value is -3.20. The van der Waals surface area contributed by atoms with Gasteiger partial charge in [0.25, 0.3) is 5.91 Å². The van der Waals surface area contributed by atoms with Crippen molar-refractivity contribution in [1.82, 2.24) is 20.3 Å². The number of carbonyl (C=O) groups is 1. The van der Waals surface area contributed by atoms with Crippen LogP contribution in [-0.2, 0) is 0 Å². The summed E-state index contributed by atoms with van der Waals surface area (Å²) in [6.45, 7) is 1.91. The molecule has 1 aromatic heterocycles. The molecule has 10 heteroatoms. The molecule has 3 aromatic carbocycles. The Morgan fingerprint density at radius 3 is 2.50 bits per heavy atom. The van der Waals surface area contributed by atoms with Crippen molar-refractivity contribution in [3.8, 4) is 11.4 Å². The first-order chi connectivity index (χ1) is 15.3. The van der Waals surface area contributed by atoms with E-state index < -0.39 is 0 Å². The van der Waals surface area contributed by atoms with Gasteiger partial charge in [0.1, 0.15) is 16.8 Å². The maximum absolute atomic E-state index is 12.4. The first-order valence-electron chi connectivity index (χ1n) is 9.43. The maximum Gasteiger partial charge on any atom is 0.257 e. The van der Waals surface area contributed by atoms with Gasteiger partial charge in [0.05, 0.1) is 17.8 Å². The fourth-order valence-corrected chi connectivity index (χ4v) is 3.70. The molecule has 0 spiro atoms. The summed E-state index contributed by atoms with van der Waals surface area (Å²) in [5.74, 6) is 0.217. The van der Waals surface area contributed by atoms with Gasteiger partial charge in [-0.1, -0.05) is 29.3 Å². The van der Waals surface area contributed by atoms with Crippen LogP contribution in [0.25, 0.3) is 16.7 Å². The standard InChI is InChI=1S/C22H17Cl2N5O2S/c1-12-8-18-19(28-29(27-18)15-6-7-20(31-2)16(24)10-15)11-17(12)25-22(32)26-21(30)13-4-3-5-14(23)9-13/h3-11H,1-2H3,(H2,25,26,30,32). The van der Waals surface area contributed by atoms with E-state index in [0.717, 1.165) is 5.56 Å². The number of benzene rings is 3. The molecule has 32 heavy (non-hydrogen) atoms. The number of ether oxygens (including phenoxy) is 1. The number of nitrogens with one attached hydrogen (secondary N) is 2. The second-order valence-electron chi connectivity index (χ2n) is 6.88. The summed E-state index contributed by atoms with van der Waals surface area (Å²) >= 11 is 17.5. The molecule has 0 radical (unpaired) electrons. The zero-order valence-electron chi connectivity index (χ0n) is 17.0. The van der Waals surface area contributed by atoms with Crippen LogP contribution in [-0.4, -0.2) is 33.1 Å².